The van der Waals surface area contributed by atoms with Crippen molar-refractivity contribution in [2.75, 3.05) is 0 Å². The van der Waals surface area contributed by atoms with E-state index >= 15 is 0 Å². The molecule has 0 radical (unpaired) electrons. The second kappa shape index (κ2) is 50.2. The second-order valence-electron chi connectivity index (χ2n) is 2.17. The van der Waals surface area contributed by atoms with Gasteiger partial charge in [-0.1, -0.05) is 0 Å². The van der Waals surface area contributed by atoms with Crippen LogP contribution in [0.25, 0.3) is 0 Å². The third-order valence-electron chi connectivity index (χ3n) is 0.500. The number of carboxylic acid groups (broad SMARTS) is 6. The topological polar surface area (TPSA) is 327 Å². The van der Waals surface area contributed by atoms with Gasteiger partial charge in [-0.3, -0.25) is 0 Å². The number of carbonyl (C=O) groups is 6. The molecule has 0 aliphatic carbocycles. The molecule has 16 nitrogen and oxygen atoms in total. The standard InChI is InChI=1S/3C2H2O4.9Li.H3O4P/c3*3-1(4)2(5)6;;;;;;;;;;1-5(2,3)4/h3*(H,3,4)(H,5,6);;;;;;;;;;(H3,1,2,3,4)/q;;;9*+1;/p-9. The summed E-state index contributed by atoms with van der Waals surface area (Å²) in [5.74, 6) is -13.1. The Morgan fingerprint density at radius 1 is 0.344 bits per heavy atom. The van der Waals surface area contributed by atoms with E-state index in [1.165, 1.54) is 0 Å². The van der Waals surface area contributed by atoms with E-state index in [9.17, 15) is 0 Å². The molecule has 26 heteroatoms. The monoisotopic (exact) mass is 422 g/mol. The van der Waals surface area contributed by atoms with Gasteiger partial charge in [0.15, 0.2) is 0 Å². The first kappa shape index (κ1) is 83.8. The molecule has 0 aliphatic heterocycles. The Morgan fingerprint density at radius 3 is 0.375 bits per heavy atom. The largest absolute Gasteiger partial charge is 1.00 e. The van der Waals surface area contributed by atoms with Crippen LogP contribution in [-0.4, -0.2) is 35.8 Å². The van der Waals surface area contributed by atoms with Gasteiger partial charge in [-0.15, -0.1) is 0 Å². The van der Waals surface area contributed by atoms with Gasteiger partial charge in [-0.2, -0.15) is 7.82 Å². The average molecular weight is 421 g/mol. The van der Waals surface area contributed by atoms with E-state index in [2.05, 4.69) is 0 Å². The van der Waals surface area contributed by atoms with Crippen LogP contribution in [0.2, 0.25) is 0 Å². The summed E-state index contributed by atoms with van der Waals surface area (Å²) in [5, 5.41) is 53.6. The molecule has 0 bridgehead atoms. The molecule has 0 rings (SSSR count). The van der Waals surface area contributed by atoms with Crippen molar-refractivity contribution in [1.29, 1.82) is 0 Å². The number of aliphatic carboxylic acids is 6. The smallest absolute Gasteiger partial charge is 0.822 e. The van der Waals surface area contributed by atoms with Gasteiger partial charge < -0.3 is 78.7 Å². The molecule has 0 aromatic carbocycles. The maximum absolute atomic E-state index is 8.93. The van der Waals surface area contributed by atoms with Crippen LogP contribution in [0.5, 0.6) is 0 Å². The second-order valence-corrected chi connectivity index (χ2v) is 3.07. The number of carbonyl (C=O) groups excluding carboxylic acids is 6. The molecule has 0 spiro atoms. The van der Waals surface area contributed by atoms with E-state index in [1.54, 1.807) is 0 Å². The molecule has 0 aromatic heterocycles. The molecule has 0 fully saturated rings. The quantitative estimate of drug-likeness (QED) is 0.199. The number of hydrogen-bond acceptors (Lipinski definition) is 16. The van der Waals surface area contributed by atoms with Gasteiger partial charge in [0.05, 0.1) is 35.8 Å². The number of phosphoric acid groups is 1. The molecule has 134 valence electrons. The van der Waals surface area contributed by atoms with Crippen molar-refractivity contribution in [3.63, 3.8) is 0 Å². The zero-order valence-electron chi connectivity index (χ0n) is 19.0. The van der Waals surface area contributed by atoms with Crippen molar-refractivity contribution in [1.82, 2.24) is 0 Å². The molecule has 0 atom stereocenters. The molecule has 0 saturated heterocycles. The van der Waals surface area contributed by atoms with Gasteiger partial charge in [0, 0.05) is 0 Å². The Labute approximate surface area is 288 Å². The van der Waals surface area contributed by atoms with Crippen molar-refractivity contribution in [3.05, 3.63) is 0 Å². The van der Waals surface area contributed by atoms with Crippen LogP contribution in [-0.2, 0) is 33.3 Å². The predicted molar refractivity (Wildman–Crippen MR) is 37.6 cm³/mol. The van der Waals surface area contributed by atoms with Gasteiger partial charge in [0.2, 0.25) is 0 Å². The third kappa shape index (κ3) is 155. The molecular formula is C6Li9O16P. The Kier molecular flexibility index (Phi) is 132. The van der Waals surface area contributed by atoms with E-state index < -0.39 is 43.6 Å². The van der Waals surface area contributed by atoms with Crippen molar-refractivity contribution in [2.24, 2.45) is 0 Å². The summed E-state index contributed by atoms with van der Waals surface area (Å²) in [5.41, 5.74) is 0. The summed E-state index contributed by atoms with van der Waals surface area (Å²) in [7, 11) is -5.39. The van der Waals surface area contributed by atoms with Gasteiger partial charge in [0.1, 0.15) is 0 Å². The average Bonchev–Trinajstić information content (AvgIpc) is 2.27. The van der Waals surface area contributed by atoms with E-state index in [4.69, 9.17) is 78.7 Å². The van der Waals surface area contributed by atoms with Gasteiger partial charge in [-0.25, -0.2) is 0 Å². The Hall–Kier alpha value is 2.31. The van der Waals surface area contributed by atoms with Crippen LogP contribution in [0.15, 0.2) is 0 Å². The van der Waals surface area contributed by atoms with Crippen molar-refractivity contribution in [2.45, 2.75) is 0 Å². The molecular weight excluding hydrogens is 421 g/mol. The summed E-state index contributed by atoms with van der Waals surface area (Å²) in [6.07, 6.45) is 0. The maximum Gasteiger partial charge on any atom is 1.00 e. The Morgan fingerprint density at radius 2 is 0.375 bits per heavy atom. The van der Waals surface area contributed by atoms with E-state index in [-0.39, 0.29) is 170 Å². The van der Waals surface area contributed by atoms with Crippen molar-refractivity contribution < 1.29 is 248 Å². The Bertz CT molecular complexity index is 423. The molecule has 0 N–H and O–H groups in total. The van der Waals surface area contributed by atoms with Crippen LogP contribution >= 0.6 is 7.82 Å². The molecule has 32 heavy (non-hydrogen) atoms. The molecule has 0 amide bonds. The molecule has 0 aliphatic rings. The summed E-state index contributed by atoms with van der Waals surface area (Å²) < 4.78 is 8.55. The van der Waals surface area contributed by atoms with Gasteiger partial charge >= 0.3 is 170 Å². The summed E-state index contributed by atoms with van der Waals surface area (Å²) >= 11 is 0. The first-order valence-corrected chi connectivity index (χ1v) is 5.39. The van der Waals surface area contributed by atoms with E-state index in [1.807, 2.05) is 0 Å². The zero-order chi connectivity index (χ0) is 20.0. The zero-order valence-corrected chi connectivity index (χ0v) is 19.9. The van der Waals surface area contributed by atoms with Crippen LogP contribution in [0, 0.1) is 0 Å². The van der Waals surface area contributed by atoms with Crippen LogP contribution < -0.4 is 215 Å². The molecule has 0 unspecified atom stereocenters. The van der Waals surface area contributed by atoms with Crippen LogP contribution in [0.4, 0.5) is 0 Å². The van der Waals surface area contributed by atoms with Crippen molar-refractivity contribution >= 4 is 43.6 Å². The first-order valence-electron chi connectivity index (χ1n) is 3.93. The predicted octanol–water partition coefficient (Wildman–Crippen LogP) is -40.3. The molecule has 0 heterocycles. The summed E-state index contributed by atoms with van der Waals surface area (Å²) in [4.78, 5) is 79.2. The summed E-state index contributed by atoms with van der Waals surface area (Å²) in [6, 6.07) is 0. The van der Waals surface area contributed by atoms with E-state index in [0.717, 1.165) is 0 Å². The van der Waals surface area contributed by atoms with Crippen LogP contribution in [0.3, 0.4) is 0 Å². The minimum atomic E-state index is -5.39. The van der Waals surface area contributed by atoms with E-state index in [0.29, 0.717) is 0 Å². The normalized spacial score (nSPS) is 5.97. The first-order chi connectivity index (χ1) is 9.93. The van der Waals surface area contributed by atoms with Crippen LogP contribution in [0.1, 0.15) is 0 Å². The number of hydrogen-bond donors (Lipinski definition) is 0. The number of carboxylic acids is 6. The van der Waals surface area contributed by atoms with Gasteiger partial charge in [0.25, 0.3) is 0 Å². The fraction of sp³-hybridized carbons (Fsp3) is 0. The maximum atomic E-state index is 8.93. The molecule has 0 aromatic rings. The minimum Gasteiger partial charge on any atom is -0.822 e. The van der Waals surface area contributed by atoms with Gasteiger partial charge in [-0.05, 0) is 0 Å². The number of rotatable bonds is 0. The summed E-state index contributed by atoms with van der Waals surface area (Å²) in [6.45, 7) is 0. The minimum absolute atomic E-state index is 0. The Balaban J connectivity index is -0.0000000125. The SMILES string of the molecule is O=C([O-])C(=O)[O-].O=C([O-])C(=O)[O-].O=C([O-])C(=O)[O-].O=P([O-])([O-])[O-].[Li+].[Li+].[Li+].[Li+].[Li+].[Li+].[Li+].[Li+].[Li+]. The fourth-order valence-electron chi connectivity index (χ4n) is 0. The van der Waals surface area contributed by atoms with Crippen molar-refractivity contribution in [3.8, 4) is 0 Å². The third-order valence-corrected chi connectivity index (χ3v) is 0.500. The fourth-order valence-corrected chi connectivity index (χ4v) is 0. The molecule has 0 saturated carbocycles.